The number of nitrogens with two attached hydrogens (primary N) is 1. The van der Waals surface area contributed by atoms with Crippen molar-refractivity contribution in [3.05, 3.63) is 0 Å². The molecule has 1 saturated heterocycles. The summed E-state index contributed by atoms with van der Waals surface area (Å²) in [6, 6.07) is 0.726. The van der Waals surface area contributed by atoms with Gasteiger partial charge < -0.3 is 5.73 Å². The maximum Gasteiger partial charge on any atom is 0.151 e. The van der Waals surface area contributed by atoms with Gasteiger partial charge in [-0.2, -0.15) is 0 Å². The quantitative estimate of drug-likeness (QED) is 0.834. The number of nitrogens with zero attached hydrogens (tertiary/aromatic N) is 1. The first-order valence-corrected chi connectivity index (χ1v) is 9.03. The molecule has 1 saturated carbocycles. The number of likely N-dealkylation sites (tertiary alicyclic amines) is 1. The van der Waals surface area contributed by atoms with Gasteiger partial charge in [-0.05, 0) is 45.1 Å². The molecule has 0 aromatic heterocycles. The lowest BCUT2D eigenvalue weighted by Gasteiger charge is -2.43. The average Bonchev–Trinajstić information content (AvgIpc) is 2.78. The smallest absolute Gasteiger partial charge is 0.151 e. The van der Waals surface area contributed by atoms with Gasteiger partial charge in [-0.25, -0.2) is 8.42 Å². The van der Waals surface area contributed by atoms with Crippen LogP contribution in [0, 0.1) is 5.92 Å². The molecule has 0 bridgehead atoms. The number of rotatable bonds is 3. The lowest BCUT2D eigenvalue weighted by molar-refractivity contribution is 0.0775. The molecular weight excluding hydrogens is 248 g/mol. The van der Waals surface area contributed by atoms with E-state index >= 15 is 0 Å². The molecular formula is C13H26N2O2S. The summed E-state index contributed by atoms with van der Waals surface area (Å²) in [6.07, 6.45) is 6.63. The van der Waals surface area contributed by atoms with Crippen LogP contribution in [0.2, 0.25) is 0 Å². The summed E-state index contributed by atoms with van der Waals surface area (Å²) in [5.74, 6) is 0.544. The second-order valence-corrected chi connectivity index (χ2v) is 8.36. The van der Waals surface area contributed by atoms with E-state index in [4.69, 9.17) is 5.73 Å². The van der Waals surface area contributed by atoms with Crippen LogP contribution in [-0.2, 0) is 9.84 Å². The van der Waals surface area contributed by atoms with Crippen molar-refractivity contribution in [3.8, 4) is 0 Å². The second kappa shape index (κ2) is 5.47. The van der Waals surface area contributed by atoms with Crippen LogP contribution >= 0.6 is 0 Å². The van der Waals surface area contributed by atoms with Gasteiger partial charge in [0.2, 0.25) is 0 Å². The van der Waals surface area contributed by atoms with Crippen molar-refractivity contribution in [2.45, 2.75) is 56.4 Å². The van der Waals surface area contributed by atoms with Gasteiger partial charge in [-0.15, -0.1) is 0 Å². The predicted octanol–water partition coefficient (Wildman–Crippen LogP) is 1.01. The van der Waals surface area contributed by atoms with Crippen molar-refractivity contribution in [1.82, 2.24) is 4.90 Å². The number of hydrogen-bond donors (Lipinski definition) is 1. The van der Waals surface area contributed by atoms with Crippen LogP contribution < -0.4 is 5.73 Å². The Balaban J connectivity index is 2.13. The number of hydrogen-bond acceptors (Lipinski definition) is 4. The molecule has 0 aromatic rings. The van der Waals surface area contributed by atoms with Gasteiger partial charge in [-0.3, -0.25) is 4.90 Å². The summed E-state index contributed by atoms with van der Waals surface area (Å²) >= 11 is 0. The van der Waals surface area contributed by atoms with E-state index in [0.717, 1.165) is 38.8 Å². The van der Waals surface area contributed by atoms with Crippen molar-refractivity contribution in [2.24, 2.45) is 11.7 Å². The molecule has 2 rings (SSSR count). The minimum Gasteiger partial charge on any atom is -0.330 e. The van der Waals surface area contributed by atoms with E-state index in [1.807, 2.05) is 0 Å². The van der Waals surface area contributed by atoms with Crippen LogP contribution in [0.1, 0.15) is 39.0 Å². The highest BCUT2D eigenvalue weighted by Gasteiger charge is 2.41. The Kier molecular flexibility index (Phi) is 4.34. The maximum atomic E-state index is 11.9. The highest BCUT2D eigenvalue weighted by atomic mass is 32.2. The predicted molar refractivity (Wildman–Crippen MR) is 74.2 cm³/mol. The zero-order chi connectivity index (χ0) is 13.3. The van der Waals surface area contributed by atoms with Gasteiger partial charge in [0.25, 0.3) is 0 Å². The topological polar surface area (TPSA) is 63.4 Å². The lowest BCUT2D eigenvalue weighted by atomic mass is 9.92. The monoisotopic (exact) mass is 274 g/mol. The van der Waals surface area contributed by atoms with E-state index in [-0.39, 0.29) is 11.3 Å². The van der Waals surface area contributed by atoms with E-state index in [0.29, 0.717) is 12.0 Å². The van der Waals surface area contributed by atoms with E-state index in [2.05, 4.69) is 11.8 Å². The molecule has 0 spiro atoms. The van der Waals surface area contributed by atoms with Gasteiger partial charge in [-0.1, -0.05) is 6.42 Å². The van der Waals surface area contributed by atoms with Crippen molar-refractivity contribution < 1.29 is 8.42 Å². The summed E-state index contributed by atoms with van der Waals surface area (Å²) in [4.78, 5) is 2.43. The molecule has 4 nitrogen and oxygen atoms in total. The largest absolute Gasteiger partial charge is 0.330 e. The summed E-state index contributed by atoms with van der Waals surface area (Å²) in [6.45, 7) is 3.93. The summed E-state index contributed by atoms with van der Waals surface area (Å²) < 4.78 is 23.8. The Morgan fingerprint density at radius 2 is 1.94 bits per heavy atom. The molecule has 2 N–H and O–H groups in total. The molecule has 2 aliphatic rings. The molecule has 4 atom stereocenters. The molecule has 1 aliphatic heterocycles. The Morgan fingerprint density at radius 1 is 1.22 bits per heavy atom. The highest BCUT2D eigenvalue weighted by Crippen LogP contribution is 2.34. The molecule has 4 unspecified atom stereocenters. The Morgan fingerprint density at radius 3 is 2.56 bits per heavy atom. The first kappa shape index (κ1) is 14.3. The van der Waals surface area contributed by atoms with E-state index in [1.54, 1.807) is 0 Å². The van der Waals surface area contributed by atoms with Crippen LogP contribution in [0.5, 0.6) is 0 Å². The van der Waals surface area contributed by atoms with Crippen molar-refractivity contribution in [1.29, 1.82) is 0 Å². The van der Waals surface area contributed by atoms with Crippen LogP contribution in [0.4, 0.5) is 0 Å². The third kappa shape index (κ3) is 2.89. The fraction of sp³-hybridized carbons (Fsp3) is 1.00. The zero-order valence-electron chi connectivity index (χ0n) is 11.5. The highest BCUT2D eigenvalue weighted by molar-refractivity contribution is 7.91. The molecule has 2 fully saturated rings. The minimum absolute atomic E-state index is 0.156. The van der Waals surface area contributed by atoms with Crippen molar-refractivity contribution in [3.63, 3.8) is 0 Å². The standard InChI is InChI=1S/C13H26N2O2S/c1-10-6-7-11(8-14)9-15(10)12-4-3-5-13(12)18(2,16)17/h10-13H,3-9,14H2,1-2H3. The van der Waals surface area contributed by atoms with Gasteiger partial charge >= 0.3 is 0 Å². The fourth-order valence-electron chi connectivity index (χ4n) is 3.65. The molecule has 0 radical (unpaired) electrons. The zero-order valence-corrected chi connectivity index (χ0v) is 12.3. The summed E-state index contributed by atoms with van der Waals surface area (Å²) in [7, 11) is -2.92. The molecule has 1 heterocycles. The van der Waals surface area contributed by atoms with E-state index in [1.165, 1.54) is 12.7 Å². The third-order valence-corrected chi connectivity index (χ3v) is 6.40. The summed E-state index contributed by atoms with van der Waals surface area (Å²) in [5.41, 5.74) is 5.79. The Hall–Kier alpha value is -0.130. The Labute approximate surface area is 111 Å². The van der Waals surface area contributed by atoms with Gasteiger partial charge in [0, 0.05) is 24.9 Å². The molecule has 0 aromatic carbocycles. The van der Waals surface area contributed by atoms with Crippen LogP contribution in [0.25, 0.3) is 0 Å². The first-order valence-electron chi connectivity index (χ1n) is 7.08. The third-order valence-electron chi connectivity index (χ3n) is 4.75. The first-order chi connectivity index (χ1) is 8.43. The second-order valence-electron chi connectivity index (χ2n) is 6.09. The van der Waals surface area contributed by atoms with Crippen molar-refractivity contribution >= 4 is 9.84 Å². The van der Waals surface area contributed by atoms with Gasteiger partial charge in [0.15, 0.2) is 9.84 Å². The van der Waals surface area contributed by atoms with E-state index < -0.39 is 9.84 Å². The molecule has 0 amide bonds. The molecule has 5 heteroatoms. The normalized spacial score (nSPS) is 39.1. The Bertz CT molecular complexity index is 382. The summed E-state index contributed by atoms with van der Waals surface area (Å²) in [5, 5.41) is -0.156. The average molecular weight is 274 g/mol. The molecule has 1 aliphatic carbocycles. The van der Waals surface area contributed by atoms with Crippen LogP contribution in [-0.4, -0.2) is 50.0 Å². The SMILES string of the molecule is CC1CCC(CN)CN1C1CCCC1S(C)(=O)=O. The maximum absolute atomic E-state index is 11.9. The number of piperidine rings is 1. The number of sulfone groups is 1. The minimum atomic E-state index is -2.92. The van der Waals surface area contributed by atoms with Gasteiger partial charge in [0.1, 0.15) is 0 Å². The van der Waals surface area contributed by atoms with Crippen molar-refractivity contribution in [2.75, 3.05) is 19.3 Å². The van der Waals surface area contributed by atoms with E-state index in [9.17, 15) is 8.42 Å². The van der Waals surface area contributed by atoms with Gasteiger partial charge in [0.05, 0.1) is 5.25 Å². The molecule has 18 heavy (non-hydrogen) atoms. The van der Waals surface area contributed by atoms with Crippen LogP contribution in [0.15, 0.2) is 0 Å². The van der Waals surface area contributed by atoms with Crippen LogP contribution in [0.3, 0.4) is 0 Å². The molecule has 106 valence electrons. The fourth-order valence-corrected chi connectivity index (χ4v) is 5.11. The lowest BCUT2D eigenvalue weighted by Crippen LogP contribution is -2.53.